The molecule has 0 radical (unpaired) electrons. The van der Waals surface area contributed by atoms with Crippen LogP contribution in [0.1, 0.15) is 27.0 Å². The number of carbonyl (C=O) groups is 1. The van der Waals surface area contributed by atoms with E-state index in [9.17, 15) is 14.9 Å². The van der Waals surface area contributed by atoms with Crippen LogP contribution in [-0.4, -0.2) is 16.0 Å². The Hall–Kier alpha value is -3.44. The number of benzene rings is 1. The highest BCUT2D eigenvalue weighted by Gasteiger charge is 2.29. The first kappa shape index (κ1) is 12.6. The molecule has 0 bridgehead atoms. The van der Waals surface area contributed by atoms with Gasteiger partial charge in [0.15, 0.2) is 0 Å². The van der Waals surface area contributed by atoms with Crippen LogP contribution in [0.4, 0.5) is 5.69 Å². The summed E-state index contributed by atoms with van der Waals surface area (Å²) in [5.74, 6) is -1.65. The summed E-state index contributed by atoms with van der Waals surface area (Å²) in [5, 5.41) is 45.9. The molecule has 0 amide bonds. The normalized spacial score (nSPS) is 8.72. The second-order valence-electron chi connectivity index (χ2n) is 2.97. The Morgan fingerprint density at radius 2 is 1.78 bits per heavy atom. The molecule has 1 rings (SSSR count). The summed E-state index contributed by atoms with van der Waals surface area (Å²) in [6.07, 6.45) is 0. The van der Waals surface area contributed by atoms with Crippen molar-refractivity contribution in [2.45, 2.75) is 0 Å². The second-order valence-corrected chi connectivity index (χ2v) is 2.97. The minimum atomic E-state index is -1.65. The lowest BCUT2D eigenvalue weighted by Crippen LogP contribution is -2.08. The van der Waals surface area contributed by atoms with Crippen molar-refractivity contribution in [3.8, 4) is 18.2 Å². The lowest BCUT2D eigenvalue weighted by molar-refractivity contribution is -0.385. The number of carboxylic acid groups (broad SMARTS) is 1. The number of carboxylic acids is 1. The van der Waals surface area contributed by atoms with Gasteiger partial charge in [-0.25, -0.2) is 4.79 Å². The molecule has 1 aromatic rings. The summed E-state index contributed by atoms with van der Waals surface area (Å²) < 4.78 is 0. The summed E-state index contributed by atoms with van der Waals surface area (Å²) in [6, 6.07) is 5.10. The third-order valence-electron chi connectivity index (χ3n) is 2.06. The van der Waals surface area contributed by atoms with Gasteiger partial charge in [-0.05, 0) is 6.07 Å². The molecule has 0 saturated carbocycles. The maximum absolute atomic E-state index is 10.9. The SMILES string of the molecule is N#Cc1cc(C(=O)O)c([N+](=O)[O-])c(C#N)c1C#N. The fraction of sp³-hybridized carbons (Fsp3) is 0. The minimum Gasteiger partial charge on any atom is -0.477 e. The molecule has 0 aliphatic heterocycles. The first-order valence-electron chi connectivity index (χ1n) is 4.26. The average Bonchev–Trinajstić information content (AvgIpc) is 2.35. The molecule has 0 heterocycles. The molecule has 8 heteroatoms. The predicted molar refractivity (Wildman–Crippen MR) is 54.2 cm³/mol. The van der Waals surface area contributed by atoms with E-state index in [0.29, 0.717) is 6.07 Å². The number of hydrogen-bond acceptors (Lipinski definition) is 6. The fourth-order valence-electron chi connectivity index (χ4n) is 1.34. The Labute approximate surface area is 99.7 Å². The van der Waals surface area contributed by atoms with E-state index in [1.165, 1.54) is 18.2 Å². The summed E-state index contributed by atoms with van der Waals surface area (Å²) in [7, 11) is 0. The molecule has 1 aromatic carbocycles. The molecule has 18 heavy (non-hydrogen) atoms. The lowest BCUT2D eigenvalue weighted by Gasteiger charge is -2.03. The molecular formula is C10H2N4O4. The van der Waals surface area contributed by atoms with Gasteiger partial charge in [-0.3, -0.25) is 10.1 Å². The van der Waals surface area contributed by atoms with Crippen molar-refractivity contribution in [1.82, 2.24) is 0 Å². The topological polar surface area (TPSA) is 152 Å². The van der Waals surface area contributed by atoms with Crippen molar-refractivity contribution in [2.75, 3.05) is 0 Å². The van der Waals surface area contributed by atoms with E-state index in [1.54, 1.807) is 0 Å². The minimum absolute atomic E-state index is 0.392. The van der Waals surface area contributed by atoms with Gasteiger partial charge in [0.05, 0.1) is 16.1 Å². The molecule has 86 valence electrons. The van der Waals surface area contributed by atoms with Gasteiger partial charge < -0.3 is 5.11 Å². The van der Waals surface area contributed by atoms with Crippen molar-refractivity contribution in [3.63, 3.8) is 0 Å². The highest BCUT2D eigenvalue weighted by atomic mass is 16.6. The molecule has 0 atom stereocenters. The molecule has 0 aliphatic carbocycles. The summed E-state index contributed by atoms with van der Waals surface area (Å²) in [5.41, 5.74) is -3.40. The maximum Gasteiger partial charge on any atom is 0.342 e. The largest absolute Gasteiger partial charge is 0.477 e. The molecule has 0 saturated heterocycles. The van der Waals surface area contributed by atoms with Gasteiger partial charge >= 0.3 is 11.7 Å². The Balaban J connectivity index is 3.98. The number of nitro groups is 1. The van der Waals surface area contributed by atoms with Gasteiger partial charge in [-0.15, -0.1) is 0 Å². The van der Waals surface area contributed by atoms with E-state index < -0.39 is 38.8 Å². The number of nitro benzene ring substituents is 1. The molecule has 0 spiro atoms. The zero-order valence-corrected chi connectivity index (χ0v) is 8.54. The van der Waals surface area contributed by atoms with E-state index in [0.717, 1.165) is 0 Å². The highest BCUT2D eigenvalue weighted by molar-refractivity contribution is 5.95. The van der Waals surface area contributed by atoms with Crippen molar-refractivity contribution >= 4 is 11.7 Å². The molecular weight excluding hydrogens is 240 g/mol. The summed E-state index contributed by atoms with van der Waals surface area (Å²) in [4.78, 5) is 20.6. The van der Waals surface area contributed by atoms with E-state index in [2.05, 4.69) is 0 Å². The van der Waals surface area contributed by atoms with Crippen LogP contribution in [0.25, 0.3) is 0 Å². The number of aromatic carboxylic acids is 1. The first-order chi connectivity index (χ1) is 8.47. The lowest BCUT2D eigenvalue weighted by atomic mass is 9.97. The third kappa shape index (κ3) is 1.80. The Bertz CT molecular complexity index is 688. The van der Waals surface area contributed by atoms with Crippen LogP contribution in [0.15, 0.2) is 6.07 Å². The maximum atomic E-state index is 10.9. The van der Waals surface area contributed by atoms with E-state index in [-0.39, 0.29) is 0 Å². The van der Waals surface area contributed by atoms with Gasteiger partial charge in [-0.2, -0.15) is 15.8 Å². The van der Waals surface area contributed by atoms with Gasteiger partial charge in [0.1, 0.15) is 29.3 Å². The predicted octanol–water partition coefficient (Wildman–Crippen LogP) is 0.908. The molecule has 0 fully saturated rings. The van der Waals surface area contributed by atoms with Crippen LogP contribution in [0.5, 0.6) is 0 Å². The molecule has 1 N–H and O–H groups in total. The molecule has 0 aliphatic rings. The molecule has 8 nitrogen and oxygen atoms in total. The second kappa shape index (κ2) is 4.60. The van der Waals surface area contributed by atoms with Gasteiger partial charge in [0.2, 0.25) is 0 Å². The van der Waals surface area contributed by atoms with Crippen LogP contribution < -0.4 is 0 Å². The summed E-state index contributed by atoms with van der Waals surface area (Å²) >= 11 is 0. The number of nitrogens with zero attached hydrogens (tertiary/aromatic N) is 4. The zero-order valence-electron chi connectivity index (χ0n) is 8.54. The Morgan fingerprint density at radius 1 is 1.22 bits per heavy atom. The van der Waals surface area contributed by atoms with E-state index >= 15 is 0 Å². The number of hydrogen-bond donors (Lipinski definition) is 1. The number of nitriles is 3. The van der Waals surface area contributed by atoms with E-state index in [1.807, 2.05) is 0 Å². The van der Waals surface area contributed by atoms with Crippen LogP contribution >= 0.6 is 0 Å². The standard InChI is InChI=1S/C10H2N4O4/c11-2-5-1-6(10(15)16)9(14(17)18)8(4-13)7(5)3-12/h1H,(H,15,16). The van der Waals surface area contributed by atoms with Crippen molar-refractivity contribution in [1.29, 1.82) is 15.8 Å². The van der Waals surface area contributed by atoms with E-state index in [4.69, 9.17) is 20.9 Å². The quantitative estimate of drug-likeness (QED) is 0.597. The van der Waals surface area contributed by atoms with Crippen LogP contribution in [0, 0.1) is 44.1 Å². The van der Waals surface area contributed by atoms with Gasteiger partial charge in [0.25, 0.3) is 0 Å². The highest BCUT2D eigenvalue weighted by Crippen LogP contribution is 2.29. The Kier molecular flexibility index (Phi) is 3.23. The number of rotatable bonds is 2. The monoisotopic (exact) mass is 242 g/mol. The van der Waals surface area contributed by atoms with Crippen molar-refractivity contribution in [3.05, 3.63) is 38.4 Å². The molecule has 0 aromatic heterocycles. The third-order valence-corrected chi connectivity index (χ3v) is 2.06. The van der Waals surface area contributed by atoms with Crippen molar-refractivity contribution < 1.29 is 14.8 Å². The zero-order chi connectivity index (χ0) is 13.9. The first-order valence-corrected chi connectivity index (χ1v) is 4.26. The van der Waals surface area contributed by atoms with Gasteiger partial charge in [-0.1, -0.05) is 0 Å². The fourth-order valence-corrected chi connectivity index (χ4v) is 1.34. The van der Waals surface area contributed by atoms with Crippen LogP contribution in [0.3, 0.4) is 0 Å². The average molecular weight is 242 g/mol. The summed E-state index contributed by atoms with van der Waals surface area (Å²) in [6.45, 7) is 0. The molecule has 0 unspecified atom stereocenters. The Morgan fingerprint density at radius 3 is 2.11 bits per heavy atom. The van der Waals surface area contributed by atoms with Crippen LogP contribution in [0.2, 0.25) is 0 Å². The van der Waals surface area contributed by atoms with Crippen molar-refractivity contribution in [2.24, 2.45) is 0 Å². The smallest absolute Gasteiger partial charge is 0.342 e. The van der Waals surface area contributed by atoms with Gasteiger partial charge in [0, 0.05) is 0 Å². The van der Waals surface area contributed by atoms with Crippen LogP contribution in [-0.2, 0) is 0 Å².